The van der Waals surface area contributed by atoms with Gasteiger partial charge in [-0.2, -0.15) is 9.78 Å². The number of pyridine rings is 1. The zero-order valence-electron chi connectivity index (χ0n) is 17.1. The summed E-state index contributed by atoms with van der Waals surface area (Å²) in [4.78, 5) is 17.0. The molecule has 0 saturated heterocycles. The second kappa shape index (κ2) is 7.73. The fourth-order valence-electron chi connectivity index (χ4n) is 3.33. The van der Waals surface area contributed by atoms with Gasteiger partial charge < -0.3 is 14.8 Å². The smallest absolute Gasteiger partial charge is 0.435 e. The van der Waals surface area contributed by atoms with Crippen LogP contribution in [0.25, 0.3) is 10.9 Å². The molecule has 4 rings (SSSR count). The van der Waals surface area contributed by atoms with Gasteiger partial charge in [-0.3, -0.25) is 0 Å². The molecule has 0 spiro atoms. The Kier molecular flexibility index (Phi) is 5.13. The van der Waals surface area contributed by atoms with E-state index in [1.807, 2.05) is 39.0 Å². The summed E-state index contributed by atoms with van der Waals surface area (Å²) < 4.78 is 12.6. The van der Waals surface area contributed by atoms with Crippen LogP contribution in [0.15, 0.2) is 36.5 Å². The van der Waals surface area contributed by atoms with Crippen molar-refractivity contribution in [2.45, 2.75) is 45.6 Å². The van der Waals surface area contributed by atoms with Gasteiger partial charge in [0.25, 0.3) is 0 Å². The molecule has 3 aromatic rings. The molecule has 0 atom stereocenters. The molecule has 7 nitrogen and oxygen atoms in total. The van der Waals surface area contributed by atoms with E-state index >= 15 is 0 Å². The summed E-state index contributed by atoms with van der Waals surface area (Å²) in [5, 5.41) is 8.34. The van der Waals surface area contributed by atoms with Crippen LogP contribution in [-0.2, 0) is 17.6 Å². The second-order valence-corrected chi connectivity index (χ2v) is 8.20. The van der Waals surface area contributed by atoms with E-state index in [1.165, 1.54) is 10.2 Å². The highest BCUT2D eigenvalue weighted by atomic mass is 16.6. The van der Waals surface area contributed by atoms with E-state index in [0.29, 0.717) is 12.1 Å². The summed E-state index contributed by atoms with van der Waals surface area (Å²) in [5.74, 6) is 1.74. The van der Waals surface area contributed by atoms with E-state index in [9.17, 15) is 4.79 Å². The Labute approximate surface area is 170 Å². The number of nitrogens with zero attached hydrogens (tertiary/aromatic N) is 3. The summed E-state index contributed by atoms with van der Waals surface area (Å²) in [6.45, 7) is 7.00. The molecule has 0 unspecified atom stereocenters. The molecule has 0 radical (unpaired) electrons. The fraction of sp³-hybridized carbons (Fsp3) is 0.409. The first kappa shape index (κ1) is 19.2. The number of ether oxygens (including phenoxy) is 2. The molecular weight excluding hydrogens is 368 g/mol. The lowest BCUT2D eigenvalue weighted by Gasteiger charge is -2.19. The summed E-state index contributed by atoms with van der Waals surface area (Å²) >= 11 is 0. The molecule has 0 amide bonds. The van der Waals surface area contributed by atoms with Crippen molar-refractivity contribution in [1.82, 2.24) is 14.8 Å². The Morgan fingerprint density at radius 2 is 2.10 bits per heavy atom. The summed E-state index contributed by atoms with van der Waals surface area (Å²) in [5.41, 5.74) is 2.41. The summed E-state index contributed by atoms with van der Waals surface area (Å²) in [7, 11) is 0. The minimum absolute atomic E-state index is 0.492. The number of hydrogen-bond acceptors (Lipinski definition) is 6. The molecule has 3 heterocycles. The van der Waals surface area contributed by atoms with Crippen molar-refractivity contribution >= 4 is 22.8 Å². The molecular formula is C22H26N4O3. The monoisotopic (exact) mass is 394 g/mol. The zero-order valence-corrected chi connectivity index (χ0v) is 17.1. The van der Waals surface area contributed by atoms with Gasteiger partial charge in [0, 0.05) is 24.0 Å². The number of fused-ring (bicyclic) bond motifs is 2. The lowest BCUT2D eigenvalue weighted by molar-refractivity contribution is 0.0522. The van der Waals surface area contributed by atoms with Crippen molar-refractivity contribution in [3.8, 4) is 5.75 Å². The molecule has 7 heteroatoms. The van der Waals surface area contributed by atoms with Crippen LogP contribution in [0.2, 0.25) is 0 Å². The average Bonchev–Trinajstić information content (AvgIpc) is 3.10. The van der Waals surface area contributed by atoms with Gasteiger partial charge in [0.2, 0.25) is 0 Å². The van der Waals surface area contributed by atoms with Crippen molar-refractivity contribution in [3.05, 3.63) is 47.8 Å². The molecule has 152 valence electrons. The van der Waals surface area contributed by atoms with Crippen molar-refractivity contribution < 1.29 is 14.3 Å². The Morgan fingerprint density at radius 1 is 1.24 bits per heavy atom. The van der Waals surface area contributed by atoms with E-state index in [0.717, 1.165) is 48.5 Å². The van der Waals surface area contributed by atoms with Crippen molar-refractivity contribution in [2.75, 3.05) is 18.5 Å². The number of rotatable bonds is 4. The third kappa shape index (κ3) is 4.50. The third-order valence-electron chi connectivity index (χ3n) is 4.68. The second-order valence-electron chi connectivity index (χ2n) is 8.20. The first-order chi connectivity index (χ1) is 13.9. The van der Waals surface area contributed by atoms with Gasteiger partial charge in [-0.1, -0.05) is 6.07 Å². The zero-order chi connectivity index (χ0) is 20.4. The van der Waals surface area contributed by atoms with E-state index in [1.54, 1.807) is 6.20 Å². The number of carbonyl (C=O) groups is 1. The first-order valence-corrected chi connectivity index (χ1v) is 9.96. The lowest BCUT2D eigenvalue weighted by atomic mass is 10.1. The molecule has 1 aliphatic heterocycles. The lowest BCUT2D eigenvalue weighted by Crippen LogP contribution is -2.27. The van der Waals surface area contributed by atoms with Crippen LogP contribution in [0, 0.1) is 0 Å². The van der Waals surface area contributed by atoms with Gasteiger partial charge in [-0.05, 0) is 63.4 Å². The van der Waals surface area contributed by atoms with Gasteiger partial charge in [0.05, 0.1) is 18.3 Å². The predicted molar refractivity (Wildman–Crippen MR) is 112 cm³/mol. The highest BCUT2D eigenvalue weighted by Crippen LogP contribution is 2.23. The van der Waals surface area contributed by atoms with Crippen molar-refractivity contribution in [3.63, 3.8) is 0 Å². The number of nitrogens with one attached hydrogen (secondary N) is 1. The maximum atomic E-state index is 12.3. The highest BCUT2D eigenvalue weighted by molar-refractivity contribution is 5.88. The maximum Gasteiger partial charge on any atom is 0.435 e. The van der Waals surface area contributed by atoms with Crippen LogP contribution in [0.3, 0.4) is 0 Å². The van der Waals surface area contributed by atoms with Crippen LogP contribution < -0.4 is 10.1 Å². The van der Waals surface area contributed by atoms with E-state index in [4.69, 9.17) is 14.5 Å². The molecule has 1 aliphatic rings. The molecule has 2 aromatic heterocycles. The molecule has 0 saturated carbocycles. The molecule has 29 heavy (non-hydrogen) atoms. The molecule has 0 fully saturated rings. The fourth-order valence-corrected chi connectivity index (χ4v) is 3.33. The van der Waals surface area contributed by atoms with E-state index in [2.05, 4.69) is 22.5 Å². The Bertz CT molecular complexity index is 1040. The number of carbonyl (C=O) groups excluding carboxylic acids is 1. The predicted octanol–water partition coefficient (Wildman–Crippen LogP) is 4.19. The summed E-state index contributed by atoms with van der Waals surface area (Å²) in [6.07, 6.45) is 4.12. The molecule has 1 aromatic carbocycles. The minimum Gasteiger partial charge on any atom is -0.493 e. The van der Waals surface area contributed by atoms with Gasteiger partial charge in [0.15, 0.2) is 0 Å². The number of hydrogen-bond donors (Lipinski definition) is 1. The van der Waals surface area contributed by atoms with Crippen LogP contribution in [-0.4, -0.2) is 39.6 Å². The van der Waals surface area contributed by atoms with Gasteiger partial charge in [-0.15, -0.1) is 0 Å². The molecule has 1 N–H and O–H groups in total. The number of benzene rings is 1. The van der Waals surface area contributed by atoms with Crippen LogP contribution in [0.4, 0.5) is 10.6 Å². The number of anilines is 1. The van der Waals surface area contributed by atoms with Crippen molar-refractivity contribution in [2.24, 2.45) is 0 Å². The van der Waals surface area contributed by atoms with Gasteiger partial charge in [0.1, 0.15) is 17.2 Å². The first-order valence-electron chi connectivity index (χ1n) is 9.96. The maximum absolute atomic E-state index is 12.3. The number of aromatic nitrogens is 3. The third-order valence-corrected chi connectivity index (χ3v) is 4.68. The SMILES string of the molecule is CC(C)(C)OC(=O)n1ncc2cc(OCCc3ccc4c(n3)NCCC4)ccc21. The van der Waals surface area contributed by atoms with Crippen LogP contribution in [0.1, 0.15) is 38.4 Å². The normalized spacial score (nSPS) is 13.6. The number of aryl methyl sites for hydroxylation is 1. The van der Waals surface area contributed by atoms with Gasteiger partial charge in [-0.25, -0.2) is 9.78 Å². The molecule has 0 bridgehead atoms. The Hall–Kier alpha value is -3.09. The van der Waals surface area contributed by atoms with Crippen molar-refractivity contribution in [1.29, 1.82) is 0 Å². The average molecular weight is 394 g/mol. The minimum atomic E-state index is -0.571. The topological polar surface area (TPSA) is 78.3 Å². The Balaban J connectivity index is 1.40. The van der Waals surface area contributed by atoms with E-state index < -0.39 is 11.7 Å². The summed E-state index contributed by atoms with van der Waals surface area (Å²) in [6, 6.07) is 9.77. The van der Waals surface area contributed by atoms with Crippen LogP contribution in [0.5, 0.6) is 5.75 Å². The largest absolute Gasteiger partial charge is 0.493 e. The van der Waals surface area contributed by atoms with Gasteiger partial charge >= 0.3 is 6.09 Å². The highest BCUT2D eigenvalue weighted by Gasteiger charge is 2.20. The standard InChI is InChI=1S/C22H26N4O3/c1-22(2,3)29-21(27)26-19-9-8-18(13-16(19)14-24-26)28-12-10-17-7-6-15-5-4-11-23-20(15)25-17/h6-9,13-14H,4-5,10-12H2,1-3H3,(H,23,25). The van der Waals surface area contributed by atoms with Crippen LogP contribution >= 0.6 is 0 Å². The molecule has 0 aliphatic carbocycles. The quantitative estimate of drug-likeness (QED) is 0.715. The Morgan fingerprint density at radius 3 is 2.93 bits per heavy atom. The van der Waals surface area contributed by atoms with E-state index in [-0.39, 0.29) is 0 Å².